The Kier molecular flexibility index (Phi) is 5.12. The predicted molar refractivity (Wildman–Crippen MR) is 94.6 cm³/mol. The number of urea groups is 1. The maximum atomic E-state index is 12.4. The molecule has 1 aromatic heterocycles. The quantitative estimate of drug-likeness (QED) is 0.903. The van der Waals surface area contributed by atoms with Crippen LogP contribution in [0.4, 0.5) is 10.6 Å². The zero-order valence-corrected chi connectivity index (χ0v) is 14.7. The van der Waals surface area contributed by atoms with E-state index in [0.717, 1.165) is 70.4 Å². The Morgan fingerprint density at radius 3 is 2.48 bits per heavy atom. The van der Waals surface area contributed by atoms with Crippen LogP contribution in [0.2, 0.25) is 0 Å². The van der Waals surface area contributed by atoms with Crippen LogP contribution in [-0.4, -0.2) is 72.0 Å². The molecule has 25 heavy (non-hydrogen) atoms. The lowest BCUT2D eigenvalue weighted by Crippen LogP contribution is -2.51. The number of hydrogen-bond acceptors (Lipinski definition) is 5. The van der Waals surface area contributed by atoms with E-state index in [1.807, 2.05) is 17.0 Å². The van der Waals surface area contributed by atoms with Crippen molar-refractivity contribution in [2.45, 2.75) is 31.6 Å². The molecule has 1 aromatic rings. The van der Waals surface area contributed by atoms with E-state index in [0.29, 0.717) is 11.7 Å². The van der Waals surface area contributed by atoms with Crippen LogP contribution in [0.25, 0.3) is 0 Å². The maximum absolute atomic E-state index is 12.4. The Bertz CT molecular complexity index is 576. The molecule has 2 amide bonds. The Morgan fingerprint density at radius 1 is 1.08 bits per heavy atom. The third-order valence-electron chi connectivity index (χ3n) is 5.43. The van der Waals surface area contributed by atoms with Crippen LogP contribution in [0, 0.1) is 5.92 Å². The third kappa shape index (κ3) is 4.46. The zero-order valence-electron chi connectivity index (χ0n) is 14.7. The van der Waals surface area contributed by atoms with Gasteiger partial charge in [0.1, 0.15) is 0 Å². The fourth-order valence-electron chi connectivity index (χ4n) is 3.62. The second-order valence-corrected chi connectivity index (χ2v) is 7.39. The van der Waals surface area contributed by atoms with Crippen LogP contribution in [0.15, 0.2) is 12.1 Å². The fourth-order valence-corrected chi connectivity index (χ4v) is 3.62. The summed E-state index contributed by atoms with van der Waals surface area (Å²) in [7, 11) is 0. The van der Waals surface area contributed by atoms with Gasteiger partial charge in [-0.2, -0.15) is 5.10 Å². The van der Waals surface area contributed by atoms with Crippen LogP contribution in [0.1, 0.15) is 37.3 Å². The summed E-state index contributed by atoms with van der Waals surface area (Å²) in [4.78, 5) is 16.8. The number of rotatable bonds is 4. The van der Waals surface area contributed by atoms with Gasteiger partial charge in [0, 0.05) is 51.9 Å². The van der Waals surface area contributed by atoms with Crippen molar-refractivity contribution in [2.75, 3.05) is 51.3 Å². The Labute approximate surface area is 148 Å². The Balaban J connectivity index is 1.22. The van der Waals surface area contributed by atoms with Gasteiger partial charge in [-0.1, -0.05) is 0 Å². The molecular weight excluding hydrogens is 318 g/mol. The number of anilines is 1. The minimum absolute atomic E-state index is 0.0702. The molecule has 0 atom stereocenters. The molecule has 0 spiro atoms. The van der Waals surface area contributed by atoms with Crippen LogP contribution >= 0.6 is 0 Å². The molecule has 3 heterocycles. The van der Waals surface area contributed by atoms with Crippen LogP contribution < -0.4 is 5.32 Å². The van der Waals surface area contributed by atoms with Gasteiger partial charge < -0.3 is 9.64 Å². The number of ether oxygens (including phenoxy) is 1. The zero-order chi connectivity index (χ0) is 17.1. The molecule has 0 aromatic carbocycles. The van der Waals surface area contributed by atoms with Crippen molar-refractivity contribution in [2.24, 2.45) is 5.92 Å². The predicted octanol–water partition coefficient (Wildman–Crippen LogP) is 1.93. The van der Waals surface area contributed by atoms with Gasteiger partial charge >= 0.3 is 6.03 Å². The van der Waals surface area contributed by atoms with Crippen molar-refractivity contribution in [1.82, 2.24) is 20.0 Å². The summed E-state index contributed by atoms with van der Waals surface area (Å²) in [5.41, 5.74) is 1.04. The largest absolute Gasteiger partial charge is 0.381 e. The molecule has 1 N–H and O–H groups in total. The van der Waals surface area contributed by atoms with E-state index in [1.54, 1.807) is 0 Å². The molecule has 1 saturated carbocycles. The Hall–Kier alpha value is -1.73. The highest BCUT2D eigenvalue weighted by atomic mass is 16.5. The molecule has 3 aliphatic rings. The number of nitrogens with one attached hydrogen (secondary N) is 1. The van der Waals surface area contributed by atoms with Crippen LogP contribution in [0.3, 0.4) is 0 Å². The molecule has 136 valence electrons. The number of piperazine rings is 1. The molecule has 4 rings (SSSR count). The second kappa shape index (κ2) is 7.66. The first kappa shape index (κ1) is 16.7. The lowest BCUT2D eigenvalue weighted by molar-refractivity contribution is 0.0457. The maximum Gasteiger partial charge on any atom is 0.323 e. The van der Waals surface area contributed by atoms with Crippen molar-refractivity contribution in [3.63, 3.8) is 0 Å². The second-order valence-electron chi connectivity index (χ2n) is 7.39. The van der Waals surface area contributed by atoms with Gasteiger partial charge in [-0.15, -0.1) is 5.10 Å². The van der Waals surface area contributed by atoms with E-state index in [2.05, 4.69) is 20.4 Å². The van der Waals surface area contributed by atoms with E-state index in [1.165, 1.54) is 12.8 Å². The van der Waals surface area contributed by atoms with E-state index < -0.39 is 0 Å². The van der Waals surface area contributed by atoms with Gasteiger partial charge in [0.2, 0.25) is 0 Å². The molecule has 7 nitrogen and oxygen atoms in total. The minimum Gasteiger partial charge on any atom is -0.381 e. The SMILES string of the molecule is O=C(Nc1ccc(C2CC2)nn1)N1CCN(CC2CCOCC2)CC1. The average molecular weight is 345 g/mol. The minimum atomic E-state index is -0.0702. The first-order chi connectivity index (χ1) is 12.3. The average Bonchev–Trinajstić information content (AvgIpc) is 3.49. The summed E-state index contributed by atoms with van der Waals surface area (Å²) < 4.78 is 5.43. The number of carbonyl (C=O) groups is 1. The molecule has 2 aliphatic heterocycles. The number of aromatic nitrogens is 2. The summed E-state index contributed by atoms with van der Waals surface area (Å²) in [6.45, 7) is 6.34. The number of amides is 2. The third-order valence-corrected chi connectivity index (χ3v) is 5.43. The highest BCUT2D eigenvalue weighted by Crippen LogP contribution is 2.38. The standard InChI is InChI=1S/C18H27N5O2/c24-18(19-17-4-3-16(20-21-17)15-1-2-15)23-9-7-22(8-10-23)13-14-5-11-25-12-6-14/h3-4,14-15H,1-2,5-13H2,(H,19,21,24). The van der Waals surface area contributed by atoms with Gasteiger partial charge in [-0.25, -0.2) is 4.79 Å². The van der Waals surface area contributed by atoms with Gasteiger partial charge in [-0.3, -0.25) is 10.2 Å². The van der Waals surface area contributed by atoms with Crippen molar-refractivity contribution >= 4 is 11.8 Å². The van der Waals surface area contributed by atoms with Gasteiger partial charge in [-0.05, 0) is 43.7 Å². The molecule has 0 unspecified atom stereocenters. The van der Waals surface area contributed by atoms with E-state index in [-0.39, 0.29) is 6.03 Å². The van der Waals surface area contributed by atoms with Crippen LogP contribution in [0.5, 0.6) is 0 Å². The molecular formula is C18H27N5O2. The van der Waals surface area contributed by atoms with Crippen LogP contribution in [-0.2, 0) is 4.74 Å². The first-order valence-corrected chi connectivity index (χ1v) is 9.47. The first-order valence-electron chi connectivity index (χ1n) is 9.47. The number of nitrogens with zero attached hydrogens (tertiary/aromatic N) is 4. The van der Waals surface area contributed by atoms with Gasteiger partial charge in [0.25, 0.3) is 0 Å². The lowest BCUT2D eigenvalue weighted by atomic mass is 9.99. The molecule has 7 heteroatoms. The molecule has 3 fully saturated rings. The van der Waals surface area contributed by atoms with Gasteiger partial charge in [0.15, 0.2) is 5.82 Å². The highest BCUT2D eigenvalue weighted by molar-refractivity contribution is 5.88. The Morgan fingerprint density at radius 2 is 1.84 bits per heavy atom. The number of carbonyl (C=O) groups excluding carboxylic acids is 1. The fraction of sp³-hybridized carbons (Fsp3) is 0.722. The topological polar surface area (TPSA) is 70.6 Å². The van der Waals surface area contributed by atoms with E-state index in [9.17, 15) is 4.79 Å². The van der Waals surface area contributed by atoms with Crippen molar-refractivity contribution in [3.8, 4) is 0 Å². The molecule has 1 aliphatic carbocycles. The molecule has 0 radical (unpaired) electrons. The summed E-state index contributed by atoms with van der Waals surface area (Å²) in [6.07, 6.45) is 4.74. The molecule has 0 bridgehead atoms. The smallest absolute Gasteiger partial charge is 0.323 e. The monoisotopic (exact) mass is 345 g/mol. The van der Waals surface area contributed by atoms with E-state index in [4.69, 9.17) is 4.74 Å². The summed E-state index contributed by atoms with van der Waals surface area (Å²) >= 11 is 0. The highest BCUT2D eigenvalue weighted by Gasteiger charge is 2.26. The lowest BCUT2D eigenvalue weighted by Gasteiger charge is -2.37. The summed E-state index contributed by atoms with van der Waals surface area (Å²) in [6, 6.07) is 3.77. The number of hydrogen-bond donors (Lipinski definition) is 1. The van der Waals surface area contributed by atoms with E-state index >= 15 is 0 Å². The van der Waals surface area contributed by atoms with Crippen molar-refractivity contribution in [1.29, 1.82) is 0 Å². The molecule has 2 saturated heterocycles. The summed E-state index contributed by atoms with van der Waals surface area (Å²) in [5.74, 6) is 1.87. The normalized spacial score (nSPS) is 22.8. The van der Waals surface area contributed by atoms with Crippen molar-refractivity contribution < 1.29 is 9.53 Å². The van der Waals surface area contributed by atoms with Crippen molar-refractivity contribution in [3.05, 3.63) is 17.8 Å². The van der Waals surface area contributed by atoms with Gasteiger partial charge in [0.05, 0.1) is 5.69 Å². The summed E-state index contributed by atoms with van der Waals surface area (Å²) in [5, 5.41) is 11.2.